The van der Waals surface area contributed by atoms with Gasteiger partial charge in [-0.2, -0.15) is 4.98 Å². The largest absolute Gasteiger partial charge is 0.341 e. The minimum Gasteiger partial charge on any atom is -0.341 e. The van der Waals surface area contributed by atoms with Crippen LogP contribution in [0.5, 0.6) is 0 Å². The molecule has 0 N–H and O–H groups in total. The van der Waals surface area contributed by atoms with Gasteiger partial charge in [-0.1, -0.05) is 6.92 Å². The molecule has 1 unspecified atom stereocenters. The van der Waals surface area contributed by atoms with Crippen molar-refractivity contribution in [3.05, 3.63) is 60.1 Å². The third kappa shape index (κ3) is 3.46. The Labute approximate surface area is 203 Å². The summed E-state index contributed by atoms with van der Waals surface area (Å²) >= 11 is 0. The molecule has 4 aromatic rings. The molecule has 1 aliphatic heterocycles. The van der Waals surface area contributed by atoms with Gasteiger partial charge in [-0.15, -0.1) is 10.2 Å². The molecule has 1 aromatic carbocycles. The third-order valence-electron chi connectivity index (χ3n) is 6.90. The second kappa shape index (κ2) is 8.10. The molecule has 8 nitrogen and oxygen atoms in total. The van der Waals surface area contributed by atoms with Gasteiger partial charge in [-0.25, -0.2) is 27.5 Å². The van der Waals surface area contributed by atoms with E-state index in [0.29, 0.717) is 47.4 Å². The number of halogens is 4. The highest BCUT2D eigenvalue weighted by Gasteiger charge is 2.47. The summed E-state index contributed by atoms with van der Waals surface area (Å²) in [6.07, 6.45) is 5.20. The highest BCUT2D eigenvalue weighted by atomic mass is 19.3. The van der Waals surface area contributed by atoms with E-state index in [1.165, 1.54) is 12.3 Å². The number of fused-ring (bicyclic) bond motifs is 3. The summed E-state index contributed by atoms with van der Waals surface area (Å²) in [4.78, 5) is 15.6. The van der Waals surface area contributed by atoms with Gasteiger partial charge in [0.15, 0.2) is 23.3 Å². The van der Waals surface area contributed by atoms with E-state index in [1.807, 2.05) is 23.3 Å². The molecule has 36 heavy (non-hydrogen) atoms. The van der Waals surface area contributed by atoms with Crippen molar-refractivity contribution in [2.75, 3.05) is 4.90 Å². The first kappa shape index (κ1) is 22.6. The zero-order chi connectivity index (χ0) is 25.2. The van der Waals surface area contributed by atoms with Crippen LogP contribution < -0.4 is 4.90 Å². The first-order valence-electron chi connectivity index (χ1n) is 11.7. The summed E-state index contributed by atoms with van der Waals surface area (Å²) in [6.45, 7) is 3.79. The molecule has 1 saturated carbocycles. The number of nitrogens with zero attached hydrogens (tertiary/aromatic N) is 8. The molecule has 0 amide bonds. The van der Waals surface area contributed by atoms with Gasteiger partial charge in [0, 0.05) is 36.8 Å². The number of rotatable bonds is 4. The quantitative estimate of drug-likeness (QED) is 0.371. The Kier molecular flexibility index (Phi) is 5.09. The highest BCUT2D eigenvalue weighted by Crippen LogP contribution is 2.46. The van der Waals surface area contributed by atoms with E-state index in [9.17, 15) is 17.6 Å². The van der Waals surface area contributed by atoms with Crippen LogP contribution in [0.2, 0.25) is 0 Å². The summed E-state index contributed by atoms with van der Waals surface area (Å²) < 4.78 is 59.4. The zero-order valence-electron chi connectivity index (χ0n) is 19.5. The molecule has 2 aliphatic rings. The van der Waals surface area contributed by atoms with Crippen molar-refractivity contribution >= 4 is 5.82 Å². The van der Waals surface area contributed by atoms with E-state index < -0.39 is 23.6 Å². The van der Waals surface area contributed by atoms with Crippen LogP contribution in [0.4, 0.5) is 23.4 Å². The molecule has 186 valence electrons. The van der Waals surface area contributed by atoms with E-state index >= 15 is 0 Å². The minimum absolute atomic E-state index is 0.189. The normalized spacial score (nSPS) is 20.4. The van der Waals surface area contributed by atoms with E-state index in [4.69, 9.17) is 4.98 Å². The van der Waals surface area contributed by atoms with Crippen LogP contribution in [-0.2, 0) is 0 Å². The van der Waals surface area contributed by atoms with Gasteiger partial charge in [-0.3, -0.25) is 9.13 Å². The average molecular weight is 498 g/mol. The van der Waals surface area contributed by atoms with E-state index in [-0.39, 0.29) is 24.8 Å². The Morgan fingerprint density at radius 1 is 1.11 bits per heavy atom. The summed E-state index contributed by atoms with van der Waals surface area (Å²) in [5, 5.41) is 8.58. The molecule has 6 rings (SSSR count). The van der Waals surface area contributed by atoms with Gasteiger partial charge < -0.3 is 4.90 Å². The predicted molar refractivity (Wildman–Crippen MR) is 122 cm³/mol. The molecule has 4 heterocycles. The zero-order valence-corrected chi connectivity index (χ0v) is 19.5. The number of aromatic nitrogens is 7. The molecule has 0 bridgehead atoms. The summed E-state index contributed by atoms with van der Waals surface area (Å²) in [5.41, 5.74) is 0.946. The number of hydrogen-bond acceptors (Lipinski definition) is 6. The minimum atomic E-state index is -2.75. The monoisotopic (exact) mass is 498 g/mol. The first-order valence-corrected chi connectivity index (χ1v) is 11.7. The lowest BCUT2D eigenvalue weighted by molar-refractivity contribution is 0.00746. The Balaban J connectivity index is 1.51. The summed E-state index contributed by atoms with van der Waals surface area (Å²) in [7, 11) is 0. The maximum Gasteiger partial charge on any atom is 0.250 e. The van der Waals surface area contributed by atoms with Gasteiger partial charge in [0.2, 0.25) is 11.9 Å². The lowest BCUT2D eigenvalue weighted by Gasteiger charge is -2.41. The maximum atomic E-state index is 14.3. The van der Waals surface area contributed by atoms with Gasteiger partial charge in [0.1, 0.15) is 17.3 Å². The fraction of sp³-hybridized carbons (Fsp3) is 0.375. The molecule has 12 heteroatoms. The topological polar surface area (TPSA) is 77.5 Å². The fourth-order valence-corrected chi connectivity index (χ4v) is 5.27. The SMILES string of the molecule is CC[C@@H]1c2nnc(C)n2-c2cnc(-n3ccnc3-c3ccc(F)c(F)c3)nc2N1C1CCC(F)(F)C1. The highest BCUT2D eigenvalue weighted by molar-refractivity contribution is 5.64. The summed E-state index contributed by atoms with van der Waals surface area (Å²) in [6, 6.07) is 2.77. The lowest BCUT2D eigenvalue weighted by Crippen LogP contribution is -2.43. The molecule has 2 atom stereocenters. The molecule has 1 aliphatic carbocycles. The van der Waals surface area contributed by atoms with Gasteiger partial charge >= 0.3 is 0 Å². The van der Waals surface area contributed by atoms with Crippen LogP contribution in [-0.4, -0.2) is 46.2 Å². The van der Waals surface area contributed by atoms with E-state index in [2.05, 4.69) is 20.2 Å². The van der Waals surface area contributed by atoms with Crippen LogP contribution in [0, 0.1) is 18.6 Å². The molecular weight excluding hydrogens is 476 g/mol. The van der Waals surface area contributed by atoms with Gasteiger partial charge in [-0.05, 0) is 38.0 Å². The van der Waals surface area contributed by atoms with Crippen molar-refractivity contribution in [2.24, 2.45) is 0 Å². The standard InChI is InChI=1S/C24H22F4N8/c1-3-18-22-33-32-13(2)35(22)19-12-30-23(31-21(19)36(18)15-6-7-24(27,28)11-15)34-9-8-29-20(34)14-4-5-16(25)17(26)10-14/h4-5,8-10,12,15,18H,3,6-7,11H2,1-2H3/t15?,18-/m1/s1. The lowest BCUT2D eigenvalue weighted by atomic mass is 10.0. The Hall–Kier alpha value is -3.83. The molecule has 0 radical (unpaired) electrons. The van der Waals surface area contributed by atoms with Crippen molar-refractivity contribution in [1.82, 2.24) is 34.3 Å². The number of hydrogen-bond donors (Lipinski definition) is 0. The number of imidazole rings is 1. The van der Waals surface area contributed by atoms with Crippen molar-refractivity contribution in [3.8, 4) is 23.0 Å². The van der Waals surface area contributed by atoms with Crippen molar-refractivity contribution in [1.29, 1.82) is 0 Å². The predicted octanol–water partition coefficient (Wildman–Crippen LogP) is 4.96. The fourth-order valence-electron chi connectivity index (χ4n) is 5.27. The third-order valence-corrected chi connectivity index (χ3v) is 6.90. The molecular formula is C24H22F4N8. The van der Waals surface area contributed by atoms with Crippen molar-refractivity contribution in [2.45, 2.75) is 57.5 Å². The van der Waals surface area contributed by atoms with Crippen LogP contribution >= 0.6 is 0 Å². The second-order valence-electron chi connectivity index (χ2n) is 9.15. The smallest absolute Gasteiger partial charge is 0.250 e. The number of benzene rings is 1. The van der Waals surface area contributed by atoms with E-state index in [0.717, 1.165) is 12.1 Å². The molecule has 0 saturated heterocycles. The molecule has 1 fully saturated rings. The number of aryl methyl sites for hydroxylation is 1. The van der Waals surface area contributed by atoms with Crippen molar-refractivity contribution in [3.63, 3.8) is 0 Å². The van der Waals surface area contributed by atoms with Crippen LogP contribution in [0.25, 0.3) is 23.0 Å². The van der Waals surface area contributed by atoms with Crippen LogP contribution in [0.3, 0.4) is 0 Å². The molecule has 3 aromatic heterocycles. The Bertz CT molecular complexity index is 1460. The molecule has 0 spiro atoms. The van der Waals surface area contributed by atoms with Crippen LogP contribution in [0.1, 0.15) is 50.3 Å². The van der Waals surface area contributed by atoms with Crippen LogP contribution in [0.15, 0.2) is 36.8 Å². The van der Waals surface area contributed by atoms with Crippen molar-refractivity contribution < 1.29 is 17.6 Å². The Morgan fingerprint density at radius 2 is 1.94 bits per heavy atom. The Morgan fingerprint density at radius 3 is 2.67 bits per heavy atom. The second-order valence-corrected chi connectivity index (χ2v) is 9.15. The van der Waals surface area contributed by atoms with E-state index in [1.54, 1.807) is 17.0 Å². The number of anilines is 1. The average Bonchev–Trinajstić information content (AvgIpc) is 3.58. The first-order chi connectivity index (χ1) is 17.3. The maximum absolute atomic E-state index is 14.3. The van der Waals surface area contributed by atoms with Gasteiger partial charge in [0.25, 0.3) is 0 Å². The van der Waals surface area contributed by atoms with Gasteiger partial charge in [0.05, 0.1) is 12.2 Å². The number of alkyl halides is 2. The summed E-state index contributed by atoms with van der Waals surface area (Å²) in [5.74, 6) is -2.36.